The zero-order chi connectivity index (χ0) is 5.11. The fourth-order valence-corrected chi connectivity index (χ4v) is 0.879. The third-order valence-electron chi connectivity index (χ3n) is 1.56. The van der Waals surface area contributed by atoms with Crippen LogP contribution in [0.15, 0.2) is 0 Å². The third-order valence-corrected chi connectivity index (χ3v) is 1.56. The Kier molecular flexibility index (Phi) is 1.69. The molecule has 0 spiro atoms. The lowest BCUT2D eigenvalue weighted by atomic mass is 10.0. The number of ether oxygens (including phenoxy) is 1. The first-order chi connectivity index (χ1) is 3.39. The van der Waals surface area contributed by atoms with Gasteiger partial charge in [0.1, 0.15) is 13.2 Å². The average molecular weight is 101 g/mol. The predicted molar refractivity (Wildman–Crippen MR) is 30.4 cm³/mol. The summed E-state index contributed by atoms with van der Waals surface area (Å²) in [6, 6.07) is 0. The van der Waals surface area contributed by atoms with Gasteiger partial charge in [0.2, 0.25) is 0 Å². The fraction of sp³-hybridized carbons (Fsp3) is 1.00. The van der Waals surface area contributed by atoms with Crippen LogP contribution in [0.4, 0.5) is 0 Å². The maximum atomic E-state index is 4.23. The van der Waals surface area contributed by atoms with Gasteiger partial charge < -0.3 is 4.74 Å². The van der Waals surface area contributed by atoms with Crippen molar-refractivity contribution in [2.75, 3.05) is 13.2 Å². The minimum absolute atomic E-state index is 0.942. The Hall–Kier alpha value is -0.0400. The summed E-state index contributed by atoms with van der Waals surface area (Å²) in [6.45, 7) is 4.52. The van der Waals surface area contributed by atoms with Crippen LogP contribution >= 0.6 is 0 Å². The Labute approximate surface area is 44.7 Å². The molecule has 1 heteroatoms. The molecule has 1 nitrogen and oxygen atoms in total. The van der Waals surface area contributed by atoms with Crippen molar-refractivity contribution in [3.05, 3.63) is 0 Å². The molecule has 1 rings (SSSR count). The van der Waals surface area contributed by atoms with E-state index in [1.165, 1.54) is 12.8 Å². The van der Waals surface area contributed by atoms with E-state index in [1.807, 2.05) is 0 Å². The van der Waals surface area contributed by atoms with E-state index in [2.05, 4.69) is 11.7 Å². The van der Waals surface area contributed by atoms with E-state index < -0.39 is 0 Å². The standard InChI is InChI=1S/C6H12O/c1-6-2-4-7-5-3-6/h6H,2-5H2,1H3/p+1. The Morgan fingerprint density at radius 1 is 1.29 bits per heavy atom. The Morgan fingerprint density at radius 2 is 1.86 bits per heavy atom. The molecular weight excluding hydrogens is 88.1 g/mol. The Bertz CT molecular complexity index is 46.1. The molecule has 0 atom stereocenters. The monoisotopic (exact) mass is 101 g/mol. The van der Waals surface area contributed by atoms with Crippen LogP contribution in [0.25, 0.3) is 0 Å². The molecule has 7 heavy (non-hydrogen) atoms. The van der Waals surface area contributed by atoms with E-state index in [0.29, 0.717) is 0 Å². The van der Waals surface area contributed by atoms with Gasteiger partial charge in [0.05, 0.1) is 0 Å². The van der Waals surface area contributed by atoms with Crippen molar-refractivity contribution < 1.29 is 4.74 Å². The smallest absolute Gasteiger partial charge is 0.144 e. The number of hydrogen-bond donors (Lipinski definition) is 0. The lowest BCUT2D eigenvalue weighted by molar-refractivity contribution is -0.0765. The van der Waals surface area contributed by atoms with Crippen molar-refractivity contribution in [1.29, 1.82) is 0 Å². The van der Waals surface area contributed by atoms with Gasteiger partial charge in [0, 0.05) is 12.8 Å². The Balaban J connectivity index is 2.12. The normalized spacial score (nSPS) is 25.3. The summed E-state index contributed by atoms with van der Waals surface area (Å²) in [7, 11) is 0. The summed E-state index contributed by atoms with van der Waals surface area (Å²) in [5, 5.41) is 0. The molecule has 42 valence electrons. The average Bonchev–Trinajstić information content (AvgIpc) is 1.69. The summed E-state index contributed by atoms with van der Waals surface area (Å²) in [5.41, 5.74) is 0. The molecular formula is C6H13O+. The van der Waals surface area contributed by atoms with E-state index in [9.17, 15) is 0 Å². The van der Waals surface area contributed by atoms with Gasteiger partial charge in [-0.2, -0.15) is 0 Å². The number of hydrogen-bond acceptors (Lipinski definition) is 0. The molecule has 0 saturated carbocycles. The van der Waals surface area contributed by atoms with Gasteiger partial charge in [-0.15, -0.1) is 0 Å². The molecule has 1 saturated heterocycles. The highest BCUT2D eigenvalue weighted by Crippen LogP contribution is 2.10. The van der Waals surface area contributed by atoms with Gasteiger partial charge in [-0.3, -0.25) is 0 Å². The van der Waals surface area contributed by atoms with E-state index >= 15 is 0 Å². The fourth-order valence-electron chi connectivity index (χ4n) is 0.879. The van der Waals surface area contributed by atoms with E-state index in [4.69, 9.17) is 0 Å². The van der Waals surface area contributed by atoms with Gasteiger partial charge in [-0.05, 0) is 5.92 Å². The van der Waals surface area contributed by atoms with Crippen LogP contribution in [0.3, 0.4) is 0 Å². The van der Waals surface area contributed by atoms with Crippen molar-refractivity contribution in [1.82, 2.24) is 0 Å². The van der Waals surface area contributed by atoms with Crippen LogP contribution in [0.5, 0.6) is 0 Å². The maximum absolute atomic E-state index is 4.23. The maximum Gasteiger partial charge on any atom is 0.144 e. The van der Waals surface area contributed by atoms with E-state index in [0.717, 1.165) is 19.1 Å². The topological polar surface area (TPSA) is 12.8 Å². The highest BCUT2D eigenvalue weighted by Gasteiger charge is 2.10. The second-order valence-electron chi connectivity index (χ2n) is 2.35. The highest BCUT2D eigenvalue weighted by molar-refractivity contribution is 4.54. The summed E-state index contributed by atoms with van der Waals surface area (Å²) in [4.78, 5) is 0. The molecule has 0 radical (unpaired) electrons. The minimum atomic E-state index is 0.942. The molecule has 0 aromatic heterocycles. The van der Waals surface area contributed by atoms with Crippen molar-refractivity contribution >= 4 is 0 Å². The SMILES string of the molecule is CC1CC[OH+]CC1. The van der Waals surface area contributed by atoms with Crippen LogP contribution in [0.2, 0.25) is 0 Å². The number of aliphatic hydroxyl groups is 2. The molecule has 1 N–H and O–H groups in total. The quantitative estimate of drug-likeness (QED) is 0.403. The highest BCUT2D eigenvalue weighted by atomic mass is 16.5. The predicted octanol–water partition coefficient (Wildman–Crippen LogP) is 0.944. The molecule has 0 aliphatic carbocycles. The minimum Gasteiger partial charge on any atom is -0.434 e. The molecule has 1 fully saturated rings. The van der Waals surface area contributed by atoms with Crippen molar-refractivity contribution in [2.24, 2.45) is 5.92 Å². The molecule has 0 unspecified atom stereocenters. The van der Waals surface area contributed by atoms with Crippen LogP contribution in [-0.4, -0.2) is 18.0 Å². The van der Waals surface area contributed by atoms with Gasteiger partial charge in [-0.1, -0.05) is 6.92 Å². The van der Waals surface area contributed by atoms with Crippen molar-refractivity contribution in [3.63, 3.8) is 0 Å². The Morgan fingerprint density at radius 3 is 2.14 bits per heavy atom. The van der Waals surface area contributed by atoms with Gasteiger partial charge in [0.25, 0.3) is 0 Å². The second-order valence-corrected chi connectivity index (χ2v) is 2.35. The zero-order valence-corrected chi connectivity index (χ0v) is 4.85. The summed E-state index contributed by atoms with van der Waals surface area (Å²) >= 11 is 0. The third kappa shape index (κ3) is 1.48. The molecule has 0 amide bonds. The van der Waals surface area contributed by atoms with Gasteiger partial charge >= 0.3 is 0 Å². The first kappa shape index (κ1) is 5.10. The van der Waals surface area contributed by atoms with Crippen LogP contribution < -0.4 is 0 Å². The van der Waals surface area contributed by atoms with Crippen molar-refractivity contribution in [2.45, 2.75) is 19.8 Å². The summed E-state index contributed by atoms with van der Waals surface area (Å²) in [6.07, 6.45) is 2.64. The van der Waals surface area contributed by atoms with Crippen LogP contribution in [-0.2, 0) is 0 Å². The second kappa shape index (κ2) is 2.31. The number of rotatable bonds is 0. The van der Waals surface area contributed by atoms with Gasteiger partial charge in [-0.25, -0.2) is 0 Å². The first-order valence-electron chi connectivity index (χ1n) is 3.03. The molecule has 0 bridgehead atoms. The lowest BCUT2D eigenvalue weighted by Crippen LogP contribution is -2.15. The van der Waals surface area contributed by atoms with Gasteiger partial charge in [0.15, 0.2) is 0 Å². The molecule has 0 aromatic carbocycles. The zero-order valence-electron chi connectivity index (χ0n) is 4.85. The molecule has 0 aromatic rings. The summed E-state index contributed by atoms with van der Waals surface area (Å²) < 4.78 is 4.23. The molecule has 1 aliphatic heterocycles. The van der Waals surface area contributed by atoms with Crippen LogP contribution in [0.1, 0.15) is 19.8 Å². The molecule has 1 aliphatic rings. The van der Waals surface area contributed by atoms with E-state index in [-0.39, 0.29) is 0 Å². The molecule has 1 heterocycles. The van der Waals surface area contributed by atoms with Crippen molar-refractivity contribution in [3.8, 4) is 0 Å². The van der Waals surface area contributed by atoms with Crippen LogP contribution in [0, 0.1) is 5.92 Å². The van der Waals surface area contributed by atoms with E-state index in [1.54, 1.807) is 0 Å². The first-order valence-corrected chi connectivity index (χ1v) is 3.03. The summed E-state index contributed by atoms with van der Waals surface area (Å²) in [5.74, 6) is 0.942. The largest absolute Gasteiger partial charge is 0.434 e. The lowest BCUT2D eigenvalue weighted by Gasteiger charge is -2.13.